The lowest BCUT2D eigenvalue weighted by Crippen LogP contribution is -2.44. The van der Waals surface area contributed by atoms with Gasteiger partial charge in [0.2, 0.25) is 0 Å². The predicted octanol–water partition coefficient (Wildman–Crippen LogP) is 2.65. The van der Waals surface area contributed by atoms with Crippen molar-refractivity contribution in [2.24, 2.45) is 0 Å². The number of carbonyl (C=O) groups excluding carboxylic acids is 1. The van der Waals surface area contributed by atoms with E-state index in [9.17, 15) is 4.79 Å². The highest BCUT2D eigenvalue weighted by atomic mass is 16.1. The van der Waals surface area contributed by atoms with Gasteiger partial charge in [-0.05, 0) is 50.4 Å². The average Bonchev–Trinajstić information content (AvgIpc) is 3.03. The van der Waals surface area contributed by atoms with Crippen LogP contribution in [0.5, 0.6) is 0 Å². The maximum Gasteiger partial charge on any atom is 0.259 e. The minimum absolute atomic E-state index is 0.145. The zero-order valence-electron chi connectivity index (χ0n) is 15.1. The maximum absolute atomic E-state index is 12.7. The molecule has 1 aromatic carbocycles. The average molecular weight is 349 g/mol. The van der Waals surface area contributed by atoms with E-state index in [1.807, 2.05) is 41.9 Å². The molecule has 0 aliphatic carbocycles. The Morgan fingerprint density at radius 3 is 2.54 bits per heavy atom. The quantitative estimate of drug-likeness (QED) is 0.790. The summed E-state index contributed by atoms with van der Waals surface area (Å²) in [5.41, 5.74) is 4.13. The van der Waals surface area contributed by atoms with Gasteiger partial charge in [0.25, 0.3) is 5.91 Å². The van der Waals surface area contributed by atoms with E-state index in [1.165, 1.54) is 5.69 Å². The van der Waals surface area contributed by atoms with E-state index in [1.54, 1.807) is 6.07 Å². The molecule has 0 radical (unpaired) electrons. The van der Waals surface area contributed by atoms with Crippen molar-refractivity contribution >= 4 is 22.9 Å². The van der Waals surface area contributed by atoms with Crippen LogP contribution in [-0.2, 0) is 0 Å². The second kappa shape index (κ2) is 6.80. The number of aromatic nitrogens is 2. The van der Waals surface area contributed by atoms with Crippen molar-refractivity contribution in [3.05, 3.63) is 60.0 Å². The fraction of sp³-hybridized carbons (Fsp3) is 0.300. The van der Waals surface area contributed by atoms with Crippen LogP contribution in [0, 0.1) is 6.92 Å². The number of benzene rings is 1. The molecular weight excluding hydrogens is 326 g/mol. The Morgan fingerprint density at radius 1 is 1.08 bits per heavy atom. The van der Waals surface area contributed by atoms with Gasteiger partial charge in [0.1, 0.15) is 5.65 Å². The molecule has 1 amide bonds. The van der Waals surface area contributed by atoms with Crippen LogP contribution < -0.4 is 10.2 Å². The number of amides is 1. The Kier molecular flexibility index (Phi) is 4.34. The van der Waals surface area contributed by atoms with Crippen LogP contribution in [0.2, 0.25) is 0 Å². The Labute approximate surface area is 153 Å². The van der Waals surface area contributed by atoms with Crippen molar-refractivity contribution in [1.29, 1.82) is 0 Å². The summed E-state index contributed by atoms with van der Waals surface area (Å²) < 4.78 is 1.88. The van der Waals surface area contributed by atoms with Gasteiger partial charge in [-0.15, -0.1) is 0 Å². The molecule has 26 heavy (non-hydrogen) atoms. The molecule has 6 heteroatoms. The predicted molar refractivity (Wildman–Crippen MR) is 104 cm³/mol. The number of fused-ring (bicyclic) bond motifs is 1. The molecule has 1 N–H and O–H groups in total. The Hall–Kier alpha value is -2.86. The van der Waals surface area contributed by atoms with Gasteiger partial charge in [0, 0.05) is 49.9 Å². The molecule has 134 valence electrons. The normalized spacial score (nSPS) is 15.4. The number of piperazine rings is 1. The SMILES string of the molecule is Cc1cn2cccc(C(=O)Nc3ccc(N4CCN(C)CC4)cc3)c2n1. The second-order valence-electron chi connectivity index (χ2n) is 6.83. The van der Waals surface area contributed by atoms with Gasteiger partial charge in [-0.25, -0.2) is 4.98 Å². The zero-order chi connectivity index (χ0) is 18.1. The van der Waals surface area contributed by atoms with E-state index < -0.39 is 0 Å². The molecule has 1 aliphatic heterocycles. The monoisotopic (exact) mass is 349 g/mol. The molecule has 0 atom stereocenters. The molecular formula is C20H23N5O. The molecule has 1 fully saturated rings. The van der Waals surface area contributed by atoms with Gasteiger partial charge in [-0.1, -0.05) is 0 Å². The molecule has 0 saturated carbocycles. The van der Waals surface area contributed by atoms with Gasteiger partial charge in [-0.2, -0.15) is 0 Å². The van der Waals surface area contributed by atoms with E-state index in [0.29, 0.717) is 11.2 Å². The number of anilines is 2. The number of pyridine rings is 1. The van der Waals surface area contributed by atoms with Gasteiger partial charge in [0.15, 0.2) is 0 Å². The van der Waals surface area contributed by atoms with Crippen molar-refractivity contribution in [1.82, 2.24) is 14.3 Å². The zero-order valence-corrected chi connectivity index (χ0v) is 15.1. The van der Waals surface area contributed by atoms with Crippen LogP contribution in [0.25, 0.3) is 5.65 Å². The smallest absolute Gasteiger partial charge is 0.259 e. The summed E-state index contributed by atoms with van der Waals surface area (Å²) in [6, 6.07) is 11.7. The molecule has 0 bridgehead atoms. The number of aryl methyl sites for hydroxylation is 1. The fourth-order valence-electron chi connectivity index (χ4n) is 3.33. The maximum atomic E-state index is 12.7. The third kappa shape index (κ3) is 3.28. The molecule has 1 aliphatic rings. The lowest BCUT2D eigenvalue weighted by molar-refractivity contribution is 0.102. The lowest BCUT2D eigenvalue weighted by atomic mass is 10.2. The van der Waals surface area contributed by atoms with Gasteiger partial charge in [-0.3, -0.25) is 4.79 Å². The van der Waals surface area contributed by atoms with Crippen LogP contribution >= 0.6 is 0 Å². The van der Waals surface area contributed by atoms with Crippen molar-refractivity contribution in [2.45, 2.75) is 6.92 Å². The first-order valence-electron chi connectivity index (χ1n) is 8.89. The van der Waals surface area contributed by atoms with E-state index in [4.69, 9.17) is 0 Å². The number of nitrogens with one attached hydrogen (secondary N) is 1. The first kappa shape index (κ1) is 16.6. The summed E-state index contributed by atoms with van der Waals surface area (Å²) >= 11 is 0. The lowest BCUT2D eigenvalue weighted by Gasteiger charge is -2.34. The van der Waals surface area contributed by atoms with E-state index in [-0.39, 0.29) is 5.91 Å². The number of nitrogens with zero attached hydrogens (tertiary/aromatic N) is 4. The molecule has 1 saturated heterocycles. The number of carbonyl (C=O) groups is 1. The van der Waals surface area contributed by atoms with Crippen molar-refractivity contribution < 1.29 is 4.79 Å². The van der Waals surface area contributed by atoms with Gasteiger partial charge < -0.3 is 19.5 Å². The molecule has 0 unspecified atom stereocenters. The molecule has 4 rings (SSSR count). The first-order valence-corrected chi connectivity index (χ1v) is 8.89. The summed E-state index contributed by atoms with van der Waals surface area (Å²) in [5, 5.41) is 2.98. The van der Waals surface area contributed by atoms with Crippen molar-refractivity contribution in [2.75, 3.05) is 43.4 Å². The standard InChI is InChI=1S/C20H23N5O/c1-15-14-25-9-3-4-18(19(25)21-15)20(26)22-16-5-7-17(8-6-16)24-12-10-23(2)11-13-24/h3-9,14H,10-13H2,1-2H3,(H,22,26). The third-order valence-corrected chi connectivity index (χ3v) is 4.84. The summed E-state index contributed by atoms with van der Waals surface area (Å²) in [6.07, 6.45) is 3.81. The Bertz CT molecular complexity index is 923. The third-order valence-electron chi connectivity index (χ3n) is 4.84. The largest absolute Gasteiger partial charge is 0.369 e. The topological polar surface area (TPSA) is 52.9 Å². The summed E-state index contributed by atoms with van der Waals surface area (Å²) in [4.78, 5) is 21.8. The highest BCUT2D eigenvalue weighted by Gasteiger charge is 2.15. The summed E-state index contributed by atoms with van der Waals surface area (Å²) in [5.74, 6) is -0.145. The summed E-state index contributed by atoms with van der Waals surface area (Å²) in [7, 11) is 2.15. The van der Waals surface area contributed by atoms with E-state index in [0.717, 1.165) is 37.6 Å². The van der Waals surface area contributed by atoms with Crippen molar-refractivity contribution in [3.8, 4) is 0 Å². The number of imidazole rings is 1. The van der Waals surface area contributed by atoms with E-state index in [2.05, 4.69) is 39.3 Å². The first-order chi connectivity index (χ1) is 12.6. The number of rotatable bonds is 3. The van der Waals surface area contributed by atoms with Crippen LogP contribution in [0.4, 0.5) is 11.4 Å². The highest BCUT2D eigenvalue weighted by molar-refractivity contribution is 6.08. The second-order valence-corrected chi connectivity index (χ2v) is 6.83. The van der Waals surface area contributed by atoms with Crippen LogP contribution in [0.3, 0.4) is 0 Å². The number of hydrogen-bond donors (Lipinski definition) is 1. The molecule has 3 aromatic rings. The fourth-order valence-corrected chi connectivity index (χ4v) is 3.33. The highest BCUT2D eigenvalue weighted by Crippen LogP contribution is 2.20. The van der Waals surface area contributed by atoms with Crippen LogP contribution in [0.15, 0.2) is 48.8 Å². The molecule has 2 aromatic heterocycles. The number of likely N-dealkylation sites (N-methyl/N-ethyl adjacent to an activating group) is 1. The molecule has 3 heterocycles. The molecule has 0 spiro atoms. The van der Waals surface area contributed by atoms with Gasteiger partial charge >= 0.3 is 0 Å². The minimum Gasteiger partial charge on any atom is -0.369 e. The van der Waals surface area contributed by atoms with Crippen molar-refractivity contribution in [3.63, 3.8) is 0 Å². The van der Waals surface area contributed by atoms with Crippen LogP contribution in [0.1, 0.15) is 16.1 Å². The Morgan fingerprint density at radius 2 is 1.81 bits per heavy atom. The van der Waals surface area contributed by atoms with Crippen LogP contribution in [-0.4, -0.2) is 53.4 Å². The van der Waals surface area contributed by atoms with E-state index >= 15 is 0 Å². The Balaban J connectivity index is 1.49. The number of hydrogen-bond acceptors (Lipinski definition) is 4. The minimum atomic E-state index is -0.145. The van der Waals surface area contributed by atoms with Gasteiger partial charge in [0.05, 0.1) is 11.3 Å². The molecule has 6 nitrogen and oxygen atoms in total. The summed E-state index contributed by atoms with van der Waals surface area (Å²) in [6.45, 7) is 6.14.